The predicted octanol–water partition coefficient (Wildman–Crippen LogP) is 1.91. The van der Waals surface area contributed by atoms with Crippen molar-refractivity contribution in [1.29, 1.82) is 0 Å². The van der Waals surface area contributed by atoms with Crippen molar-refractivity contribution in [1.82, 2.24) is 0 Å². The van der Waals surface area contributed by atoms with E-state index in [1.54, 1.807) is 12.1 Å². The Morgan fingerprint density at radius 1 is 1.50 bits per heavy atom. The molecule has 1 rings (SSSR count). The summed E-state index contributed by atoms with van der Waals surface area (Å²) in [6.07, 6.45) is 0.752. The first kappa shape index (κ1) is 14.6. The molecule has 1 aromatic carbocycles. The molecule has 1 aromatic rings. The van der Waals surface area contributed by atoms with Gasteiger partial charge in [-0.15, -0.1) is 0 Å². The summed E-state index contributed by atoms with van der Waals surface area (Å²) < 4.78 is 18.4. The number of para-hydroxylation sites is 1. The Balaban J connectivity index is 2.37. The van der Waals surface area contributed by atoms with Gasteiger partial charge < -0.3 is 15.8 Å². The molecule has 4 nitrogen and oxygen atoms in total. The Kier molecular flexibility index (Phi) is 5.25. The second-order valence-corrected chi connectivity index (χ2v) is 4.53. The van der Waals surface area contributed by atoms with Crippen LogP contribution >= 0.6 is 0 Å². The number of carbonyl (C=O) groups excluding carboxylic acids is 1. The number of anilines is 1. The fourth-order valence-corrected chi connectivity index (χ4v) is 1.23. The number of rotatable bonds is 6. The lowest BCUT2D eigenvalue weighted by Crippen LogP contribution is -2.41. The molecule has 1 unspecified atom stereocenters. The van der Waals surface area contributed by atoms with Gasteiger partial charge in [-0.05, 0) is 25.5 Å². The highest BCUT2D eigenvalue weighted by Crippen LogP contribution is 2.12. The normalized spacial score (nSPS) is 14.0. The predicted molar refractivity (Wildman–Crippen MR) is 68.7 cm³/mol. The summed E-state index contributed by atoms with van der Waals surface area (Å²) in [5.41, 5.74) is 5.57. The van der Waals surface area contributed by atoms with Gasteiger partial charge in [-0.1, -0.05) is 19.1 Å². The maximum absolute atomic E-state index is 13.2. The van der Waals surface area contributed by atoms with Gasteiger partial charge in [0, 0.05) is 5.54 Å². The van der Waals surface area contributed by atoms with Crippen LogP contribution in [0.4, 0.5) is 10.1 Å². The Morgan fingerprint density at radius 2 is 2.17 bits per heavy atom. The number of carbonyl (C=O) groups is 1. The fourth-order valence-electron chi connectivity index (χ4n) is 1.23. The van der Waals surface area contributed by atoms with Gasteiger partial charge >= 0.3 is 0 Å². The smallest absolute Gasteiger partial charge is 0.250 e. The van der Waals surface area contributed by atoms with E-state index in [4.69, 9.17) is 10.5 Å². The van der Waals surface area contributed by atoms with Crippen molar-refractivity contribution in [3.8, 4) is 0 Å². The van der Waals surface area contributed by atoms with Crippen LogP contribution in [0.15, 0.2) is 24.3 Å². The molecule has 1 atom stereocenters. The molecule has 0 radical (unpaired) electrons. The number of nitrogens with one attached hydrogen (secondary N) is 1. The minimum absolute atomic E-state index is 0.138. The maximum Gasteiger partial charge on any atom is 0.250 e. The third-order valence-electron chi connectivity index (χ3n) is 2.62. The lowest BCUT2D eigenvalue weighted by Gasteiger charge is -2.22. The summed E-state index contributed by atoms with van der Waals surface area (Å²) in [7, 11) is 0. The van der Waals surface area contributed by atoms with E-state index >= 15 is 0 Å². The van der Waals surface area contributed by atoms with Crippen LogP contribution in [0.25, 0.3) is 0 Å². The van der Waals surface area contributed by atoms with E-state index in [1.807, 2.05) is 13.8 Å². The molecule has 1 amide bonds. The van der Waals surface area contributed by atoms with Gasteiger partial charge in [0.1, 0.15) is 12.4 Å². The highest BCUT2D eigenvalue weighted by molar-refractivity contribution is 5.91. The third kappa shape index (κ3) is 4.81. The van der Waals surface area contributed by atoms with Crippen LogP contribution in [-0.4, -0.2) is 24.7 Å². The zero-order chi connectivity index (χ0) is 13.6. The van der Waals surface area contributed by atoms with Gasteiger partial charge in [-0.3, -0.25) is 4.79 Å². The van der Waals surface area contributed by atoms with Gasteiger partial charge in [-0.25, -0.2) is 4.39 Å². The maximum atomic E-state index is 13.2. The van der Waals surface area contributed by atoms with Gasteiger partial charge in [0.15, 0.2) is 0 Å². The van der Waals surface area contributed by atoms with Crippen LogP contribution in [-0.2, 0) is 9.53 Å². The first-order valence-corrected chi connectivity index (χ1v) is 5.85. The minimum atomic E-state index is -0.469. The van der Waals surface area contributed by atoms with Gasteiger partial charge in [-0.2, -0.15) is 0 Å². The lowest BCUT2D eigenvalue weighted by atomic mass is 10.0. The average molecular weight is 254 g/mol. The third-order valence-corrected chi connectivity index (χ3v) is 2.62. The van der Waals surface area contributed by atoms with Crippen molar-refractivity contribution in [2.45, 2.75) is 25.8 Å². The van der Waals surface area contributed by atoms with Crippen LogP contribution in [0.1, 0.15) is 20.3 Å². The quantitative estimate of drug-likeness (QED) is 0.815. The number of hydrogen-bond acceptors (Lipinski definition) is 3. The summed E-state index contributed by atoms with van der Waals surface area (Å²) in [5.74, 6) is -0.866. The van der Waals surface area contributed by atoms with E-state index in [9.17, 15) is 9.18 Å². The topological polar surface area (TPSA) is 64.3 Å². The Hall–Kier alpha value is -1.46. The Labute approximate surface area is 106 Å². The first-order valence-electron chi connectivity index (χ1n) is 5.85. The molecule has 0 aliphatic carbocycles. The fraction of sp³-hybridized carbons (Fsp3) is 0.462. The van der Waals surface area contributed by atoms with Crippen LogP contribution in [0.5, 0.6) is 0 Å². The zero-order valence-electron chi connectivity index (χ0n) is 10.7. The number of benzene rings is 1. The van der Waals surface area contributed by atoms with Gasteiger partial charge in [0.05, 0.1) is 12.3 Å². The number of amides is 1. The average Bonchev–Trinajstić information content (AvgIpc) is 2.32. The van der Waals surface area contributed by atoms with E-state index in [0.29, 0.717) is 0 Å². The van der Waals surface area contributed by atoms with E-state index in [2.05, 4.69) is 5.32 Å². The monoisotopic (exact) mass is 254 g/mol. The molecular weight excluding hydrogens is 235 g/mol. The molecule has 0 aliphatic rings. The molecule has 0 spiro atoms. The number of nitrogens with two attached hydrogens (primary N) is 1. The highest BCUT2D eigenvalue weighted by Gasteiger charge is 2.16. The SMILES string of the molecule is CCC(C)(N)COCC(=O)Nc1ccccc1F. The molecule has 5 heteroatoms. The van der Waals surface area contributed by atoms with Gasteiger partial charge in [0.25, 0.3) is 0 Å². The summed E-state index contributed by atoms with van der Waals surface area (Å²) in [6.45, 7) is 3.94. The molecule has 0 saturated carbocycles. The summed E-state index contributed by atoms with van der Waals surface area (Å²) in [4.78, 5) is 11.5. The molecule has 3 N–H and O–H groups in total. The van der Waals surface area contributed by atoms with Crippen molar-refractivity contribution in [3.63, 3.8) is 0 Å². The first-order chi connectivity index (χ1) is 8.44. The zero-order valence-corrected chi connectivity index (χ0v) is 10.7. The summed E-state index contributed by atoms with van der Waals surface area (Å²) >= 11 is 0. The van der Waals surface area contributed by atoms with Crippen molar-refractivity contribution >= 4 is 11.6 Å². The van der Waals surface area contributed by atoms with Crippen LogP contribution in [0.2, 0.25) is 0 Å². The Bertz CT molecular complexity index is 408. The lowest BCUT2D eigenvalue weighted by molar-refractivity contribution is -0.121. The summed E-state index contributed by atoms with van der Waals surface area (Å²) in [6, 6.07) is 5.98. The van der Waals surface area contributed by atoms with Crippen molar-refractivity contribution in [2.24, 2.45) is 5.73 Å². The molecular formula is C13H19FN2O2. The molecule has 0 saturated heterocycles. The van der Waals surface area contributed by atoms with Crippen molar-refractivity contribution in [3.05, 3.63) is 30.1 Å². The number of halogens is 1. The molecule has 100 valence electrons. The van der Waals surface area contributed by atoms with E-state index in [-0.39, 0.29) is 18.9 Å². The van der Waals surface area contributed by atoms with E-state index in [0.717, 1.165) is 6.42 Å². The van der Waals surface area contributed by atoms with Crippen LogP contribution < -0.4 is 11.1 Å². The molecule has 0 aromatic heterocycles. The largest absolute Gasteiger partial charge is 0.370 e. The van der Waals surface area contributed by atoms with Crippen molar-refractivity contribution in [2.75, 3.05) is 18.5 Å². The molecule has 0 heterocycles. The molecule has 0 bridgehead atoms. The van der Waals surface area contributed by atoms with E-state index < -0.39 is 17.3 Å². The highest BCUT2D eigenvalue weighted by atomic mass is 19.1. The molecule has 18 heavy (non-hydrogen) atoms. The second kappa shape index (κ2) is 6.47. The number of ether oxygens (including phenoxy) is 1. The van der Waals surface area contributed by atoms with Crippen LogP contribution in [0.3, 0.4) is 0 Å². The second-order valence-electron chi connectivity index (χ2n) is 4.53. The number of hydrogen-bond donors (Lipinski definition) is 2. The van der Waals surface area contributed by atoms with Crippen molar-refractivity contribution < 1.29 is 13.9 Å². The van der Waals surface area contributed by atoms with E-state index in [1.165, 1.54) is 12.1 Å². The minimum Gasteiger partial charge on any atom is -0.370 e. The van der Waals surface area contributed by atoms with Gasteiger partial charge in [0.2, 0.25) is 5.91 Å². The summed E-state index contributed by atoms with van der Waals surface area (Å²) in [5, 5.41) is 2.43. The Morgan fingerprint density at radius 3 is 2.78 bits per heavy atom. The van der Waals surface area contributed by atoms with Crippen LogP contribution in [0, 0.1) is 5.82 Å². The molecule has 0 fully saturated rings. The molecule has 0 aliphatic heterocycles. The standard InChI is InChI=1S/C13H19FN2O2/c1-3-13(2,15)9-18-8-12(17)16-11-7-5-4-6-10(11)14/h4-7H,3,8-9,15H2,1-2H3,(H,16,17).